The number of rotatable bonds is 4. The lowest BCUT2D eigenvalue weighted by atomic mass is 9.97. The van der Waals surface area contributed by atoms with Crippen LogP contribution in [0.1, 0.15) is 48.8 Å². The number of aromatic amines is 1. The molecule has 3 rings (SSSR count). The molecule has 3 N–H and O–H groups in total. The summed E-state index contributed by atoms with van der Waals surface area (Å²) in [6.07, 6.45) is 3.37. The molecule has 0 spiro atoms. The maximum atomic E-state index is 5.69. The highest BCUT2D eigenvalue weighted by molar-refractivity contribution is 5.40. The highest BCUT2D eigenvalue weighted by Gasteiger charge is 2.27. The highest BCUT2D eigenvalue weighted by Crippen LogP contribution is 2.37. The number of aromatic nitrogens is 3. The van der Waals surface area contributed by atoms with Gasteiger partial charge in [0.15, 0.2) is 5.82 Å². The summed E-state index contributed by atoms with van der Waals surface area (Å²) < 4.78 is 0. The molecule has 0 saturated heterocycles. The molecule has 4 heteroatoms. The number of anilines is 1. The highest BCUT2D eigenvalue weighted by atomic mass is 15.2. The number of nitrogens with two attached hydrogens (primary N) is 1. The fourth-order valence-electron chi connectivity index (χ4n) is 2.16. The van der Waals surface area contributed by atoms with Gasteiger partial charge in [0, 0.05) is 18.0 Å². The zero-order chi connectivity index (χ0) is 12.5. The van der Waals surface area contributed by atoms with E-state index in [1.807, 2.05) is 12.1 Å². The Kier molecular flexibility index (Phi) is 2.78. The van der Waals surface area contributed by atoms with Gasteiger partial charge in [0.05, 0.1) is 0 Å². The SMILES string of the molecule is CC(Cc1nc(C2CC2)n[nH]1)c1ccc(N)cc1. The maximum Gasteiger partial charge on any atom is 0.153 e. The van der Waals surface area contributed by atoms with Crippen LogP contribution in [0.2, 0.25) is 0 Å². The van der Waals surface area contributed by atoms with Crippen LogP contribution in [-0.4, -0.2) is 15.2 Å². The van der Waals surface area contributed by atoms with Crippen LogP contribution in [0.25, 0.3) is 0 Å². The molecule has 0 radical (unpaired) electrons. The third-order valence-corrected chi connectivity index (χ3v) is 3.50. The van der Waals surface area contributed by atoms with E-state index in [4.69, 9.17) is 5.73 Å². The summed E-state index contributed by atoms with van der Waals surface area (Å²) in [6, 6.07) is 8.06. The zero-order valence-corrected chi connectivity index (χ0v) is 10.6. The van der Waals surface area contributed by atoms with Crippen molar-refractivity contribution >= 4 is 5.69 Å². The van der Waals surface area contributed by atoms with E-state index in [-0.39, 0.29) is 0 Å². The molecule has 2 aromatic rings. The monoisotopic (exact) mass is 242 g/mol. The summed E-state index contributed by atoms with van der Waals surface area (Å²) in [5.74, 6) is 3.02. The van der Waals surface area contributed by atoms with Crippen molar-refractivity contribution < 1.29 is 0 Å². The first-order valence-corrected chi connectivity index (χ1v) is 6.49. The van der Waals surface area contributed by atoms with E-state index < -0.39 is 0 Å². The van der Waals surface area contributed by atoms with Crippen molar-refractivity contribution in [1.82, 2.24) is 15.2 Å². The molecule has 0 amide bonds. The molecular weight excluding hydrogens is 224 g/mol. The Morgan fingerprint density at radius 2 is 2.06 bits per heavy atom. The molecule has 1 aromatic heterocycles. The van der Waals surface area contributed by atoms with Gasteiger partial charge in [-0.25, -0.2) is 4.98 Å². The Hall–Kier alpha value is -1.84. The third-order valence-electron chi connectivity index (χ3n) is 3.50. The number of H-pyrrole nitrogens is 1. The van der Waals surface area contributed by atoms with Gasteiger partial charge in [0.25, 0.3) is 0 Å². The fourth-order valence-corrected chi connectivity index (χ4v) is 2.16. The van der Waals surface area contributed by atoms with E-state index >= 15 is 0 Å². The second-order valence-electron chi connectivity index (χ2n) is 5.19. The number of nitrogens with one attached hydrogen (secondary N) is 1. The molecule has 0 aliphatic heterocycles. The maximum absolute atomic E-state index is 5.69. The number of nitrogen functional groups attached to an aromatic ring is 1. The molecule has 1 unspecified atom stereocenters. The van der Waals surface area contributed by atoms with Gasteiger partial charge in [0.2, 0.25) is 0 Å². The summed E-state index contributed by atoms with van der Waals surface area (Å²) in [5.41, 5.74) is 7.79. The van der Waals surface area contributed by atoms with Crippen LogP contribution in [0.3, 0.4) is 0 Å². The first-order chi connectivity index (χ1) is 8.72. The zero-order valence-electron chi connectivity index (χ0n) is 10.6. The Labute approximate surface area is 107 Å². The summed E-state index contributed by atoms with van der Waals surface area (Å²) in [7, 11) is 0. The minimum absolute atomic E-state index is 0.422. The van der Waals surface area contributed by atoms with Crippen molar-refractivity contribution in [1.29, 1.82) is 0 Å². The first kappa shape index (κ1) is 11.3. The molecule has 1 fully saturated rings. The van der Waals surface area contributed by atoms with E-state index in [9.17, 15) is 0 Å². The standard InChI is InChI=1S/C14H18N4/c1-9(10-4-6-12(15)7-5-10)8-13-16-14(18-17-13)11-2-3-11/h4-7,9,11H,2-3,8,15H2,1H3,(H,16,17,18). The van der Waals surface area contributed by atoms with Gasteiger partial charge in [-0.1, -0.05) is 19.1 Å². The van der Waals surface area contributed by atoms with Crippen molar-refractivity contribution in [2.24, 2.45) is 0 Å². The van der Waals surface area contributed by atoms with E-state index in [1.54, 1.807) is 0 Å². The topological polar surface area (TPSA) is 67.6 Å². The van der Waals surface area contributed by atoms with E-state index in [0.29, 0.717) is 11.8 Å². The molecule has 0 bridgehead atoms. The van der Waals surface area contributed by atoms with Gasteiger partial charge in [-0.2, -0.15) is 5.10 Å². The van der Waals surface area contributed by atoms with Crippen molar-refractivity contribution in [3.63, 3.8) is 0 Å². The Bertz CT molecular complexity index is 525. The molecule has 1 aliphatic rings. The lowest BCUT2D eigenvalue weighted by Crippen LogP contribution is -2.00. The number of hydrogen-bond acceptors (Lipinski definition) is 3. The Balaban J connectivity index is 1.68. The molecule has 18 heavy (non-hydrogen) atoms. The molecule has 1 heterocycles. The first-order valence-electron chi connectivity index (χ1n) is 6.49. The summed E-state index contributed by atoms with van der Waals surface area (Å²) >= 11 is 0. The van der Waals surface area contributed by atoms with Crippen molar-refractivity contribution in [3.8, 4) is 0 Å². The average Bonchev–Trinajstić information content (AvgIpc) is 3.11. The molecule has 4 nitrogen and oxygen atoms in total. The van der Waals surface area contributed by atoms with Gasteiger partial charge in [-0.05, 0) is 36.5 Å². The minimum Gasteiger partial charge on any atom is -0.399 e. The van der Waals surface area contributed by atoms with Gasteiger partial charge < -0.3 is 5.73 Å². The molecule has 1 atom stereocenters. The summed E-state index contributed by atoms with van der Waals surface area (Å²) in [4.78, 5) is 4.56. The largest absolute Gasteiger partial charge is 0.399 e. The number of hydrogen-bond donors (Lipinski definition) is 2. The van der Waals surface area contributed by atoms with E-state index in [2.05, 4.69) is 34.2 Å². The van der Waals surface area contributed by atoms with Crippen LogP contribution in [-0.2, 0) is 6.42 Å². The van der Waals surface area contributed by atoms with Crippen molar-refractivity contribution in [3.05, 3.63) is 41.5 Å². The Morgan fingerprint density at radius 1 is 1.33 bits per heavy atom. The summed E-state index contributed by atoms with van der Waals surface area (Å²) in [6.45, 7) is 2.20. The van der Waals surface area contributed by atoms with Crippen LogP contribution >= 0.6 is 0 Å². The molecule has 1 saturated carbocycles. The molecule has 1 aromatic carbocycles. The molecular formula is C14H18N4. The quantitative estimate of drug-likeness (QED) is 0.810. The smallest absolute Gasteiger partial charge is 0.153 e. The van der Waals surface area contributed by atoms with Gasteiger partial charge >= 0.3 is 0 Å². The van der Waals surface area contributed by atoms with Crippen molar-refractivity contribution in [2.45, 2.75) is 38.0 Å². The molecule has 94 valence electrons. The predicted octanol–water partition coefficient (Wildman–Crippen LogP) is 2.61. The van der Waals surface area contributed by atoms with Crippen LogP contribution in [0, 0.1) is 0 Å². The lowest BCUT2D eigenvalue weighted by Gasteiger charge is -2.09. The van der Waals surface area contributed by atoms with Crippen LogP contribution in [0.15, 0.2) is 24.3 Å². The van der Waals surface area contributed by atoms with Gasteiger partial charge in [-0.15, -0.1) is 0 Å². The van der Waals surface area contributed by atoms with Gasteiger partial charge in [-0.3, -0.25) is 5.10 Å². The second-order valence-corrected chi connectivity index (χ2v) is 5.19. The second kappa shape index (κ2) is 4.44. The molecule has 1 aliphatic carbocycles. The minimum atomic E-state index is 0.422. The van der Waals surface area contributed by atoms with Gasteiger partial charge in [0.1, 0.15) is 5.82 Å². The average molecular weight is 242 g/mol. The normalized spacial score (nSPS) is 16.7. The third kappa shape index (κ3) is 2.37. The van der Waals surface area contributed by atoms with Crippen LogP contribution in [0.5, 0.6) is 0 Å². The van der Waals surface area contributed by atoms with Crippen LogP contribution in [0.4, 0.5) is 5.69 Å². The summed E-state index contributed by atoms with van der Waals surface area (Å²) in [5, 5.41) is 7.34. The van der Waals surface area contributed by atoms with Crippen molar-refractivity contribution in [2.75, 3.05) is 5.73 Å². The number of benzene rings is 1. The lowest BCUT2D eigenvalue weighted by molar-refractivity contribution is 0.720. The Morgan fingerprint density at radius 3 is 2.72 bits per heavy atom. The van der Waals surface area contributed by atoms with E-state index in [0.717, 1.165) is 23.8 Å². The van der Waals surface area contributed by atoms with Crippen LogP contribution < -0.4 is 5.73 Å². The van der Waals surface area contributed by atoms with E-state index in [1.165, 1.54) is 18.4 Å². The fraction of sp³-hybridized carbons (Fsp3) is 0.429. The number of nitrogens with zero attached hydrogens (tertiary/aromatic N) is 2. The predicted molar refractivity (Wildman–Crippen MR) is 71.3 cm³/mol.